The van der Waals surface area contributed by atoms with Crippen molar-refractivity contribution in [3.8, 4) is 34.5 Å². The van der Waals surface area contributed by atoms with Crippen LogP contribution in [0.25, 0.3) is 0 Å². The summed E-state index contributed by atoms with van der Waals surface area (Å²) in [5.74, 6) is -20.0. The molecule has 0 saturated heterocycles. The monoisotopic (exact) mass is 1850 g/mol. The number of Topliss-reactive ketones (excluding diaryl/α,β-unsaturated/α-hetero) is 8. The zero-order valence-electron chi connectivity index (χ0n) is 64.2. The molecular weight excluding hydrogens is 1790 g/mol. The van der Waals surface area contributed by atoms with Crippen molar-refractivity contribution in [2.75, 3.05) is 13.7 Å². The first-order chi connectivity index (χ1) is 56.1. The Morgan fingerprint density at radius 2 is 0.569 bits per heavy atom. The number of carbonyl (C=O) groups excluding carboxylic acids is 16. The van der Waals surface area contributed by atoms with Gasteiger partial charge in [0.15, 0.2) is 0 Å². The van der Waals surface area contributed by atoms with Crippen molar-refractivity contribution in [1.82, 2.24) is 0 Å². The third-order valence-corrected chi connectivity index (χ3v) is 13.6. The molecule has 123 heavy (non-hydrogen) atoms. The summed E-state index contributed by atoms with van der Waals surface area (Å²) in [6, 6.07) is 13.2. The second-order valence-electron chi connectivity index (χ2n) is 23.0. The molecule has 0 atom stereocenters. The largest absolute Gasteiger partial charge is 0.463 e. The molecule has 24 nitrogen and oxygen atoms in total. The number of halogens is 24. The van der Waals surface area contributed by atoms with Crippen molar-refractivity contribution in [2.45, 2.75) is 138 Å². The fraction of sp³-hybridized carbons (Fsp3) is 0.307. The number of carbonyl (C=O) groups is 16. The Hall–Kier alpha value is -12.2. The van der Waals surface area contributed by atoms with Gasteiger partial charge in [-0.25, -0.2) is 37.1 Å². The van der Waals surface area contributed by atoms with Crippen molar-refractivity contribution in [3.05, 3.63) is 175 Å². The molecule has 674 valence electrons. The average molecular weight is 1850 g/mol. The highest BCUT2D eigenvalue weighted by Crippen LogP contribution is 2.42. The van der Waals surface area contributed by atoms with E-state index in [9.17, 15) is 169 Å². The zero-order valence-corrected chi connectivity index (χ0v) is 66.5. The van der Waals surface area contributed by atoms with Gasteiger partial charge in [-0.15, -0.1) is 0 Å². The number of hydrogen-bond donors (Lipinski definition) is 0. The van der Waals surface area contributed by atoms with Gasteiger partial charge >= 0.3 is 84.8 Å². The Bertz CT molecular complexity index is 4620. The summed E-state index contributed by atoms with van der Waals surface area (Å²) in [5, 5.41) is -1.10. The van der Waals surface area contributed by atoms with E-state index in [-0.39, 0.29) is 85.1 Å². The van der Waals surface area contributed by atoms with Crippen LogP contribution in [-0.2, 0) is 123 Å². The molecule has 0 radical (unpaired) electrons. The third-order valence-electron chi connectivity index (χ3n) is 12.7. The predicted molar refractivity (Wildman–Crippen MR) is 379 cm³/mol. The van der Waals surface area contributed by atoms with Crippen molar-refractivity contribution < 1.29 is 207 Å². The van der Waals surface area contributed by atoms with Gasteiger partial charge in [0.1, 0.15) is 74.9 Å². The lowest BCUT2D eigenvalue weighted by atomic mass is 10.2. The highest BCUT2D eigenvalue weighted by molar-refractivity contribution is 6.35. The van der Waals surface area contributed by atoms with E-state index in [1.807, 2.05) is 0 Å². The molecule has 6 rings (SSSR count). The minimum absolute atomic E-state index is 0.0153. The molecule has 0 N–H and O–H groups in total. The molecule has 0 heterocycles. The number of rotatable bonds is 21. The first kappa shape index (κ1) is 113. The van der Waals surface area contributed by atoms with Crippen LogP contribution in [0, 0.1) is 17.5 Å². The van der Waals surface area contributed by atoms with Gasteiger partial charge in [-0.1, -0.05) is 34.8 Å². The molecular formula is C75H62Cl3F21O24. The highest BCUT2D eigenvalue weighted by atomic mass is 35.5. The molecule has 0 aliphatic carbocycles. The van der Waals surface area contributed by atoms with Gasteiger partial charge in [0.25, 0.3) is 0 Å². The SMILES string of the molecule is CC(=O)C(=O)Oc1ccc(Cl)c(C(F)(F)F)c1.CC(=O)C(=O)Oc1ccc(F)c(C(F)(F)F)c1.CC(=O)C(=O)Oc1ccc(F)cc1C(F)(F)F.CC(=O)CCC(=O)Oc1ccc(Cl)c(C(F)(F)F)c1.CC(=O)CCC(=O)Oc1ccc(Cl)cc1C(F)(F)F.CC(=O)CCC(=O)Oc1ccc(F)c(C(F)(F)F)c1.CCOC(=O)C(C)=O.COC(=O)C(C)=O. The normalized spacial score (nSPS) is 10.8. The topological polar surface area (TPSA) is 347 Å². The lowest BCUT2D eigenvalue weighted by Gasteiger charge is -2.12. The molecule has 0 fully saturated rings. The molecule has 0 amide bonds. The molecule has 0 saturated carbocycles. The Labute approximate surface area is 694 Å². The number of methoxy groups -OCH3 is 1. The van der Waals surface area contributed by atoms with Gasteiger partial charge in [-0.2, -0.15) is 79.0 Å². The van der Waals surface area contributed by atoms with Crippen LogP contribution in [0.3, 0.4) is 0 Å². The van der Waals surface area contributed by atoms with Crippen molar-refractivity contribution in [1.29, 1.82) is 0 Å². The first-order valence-corrected chi connectivity index (χ1v) is 34.0. The van der Waals surface area contributed by atoms with Crippen LogP contribution in [0.4, 0.5) is 92.2 Å². The van der Waals surface area contributed by atoms with Gasteiger partial charge in [0, 0.05) is 58.9 Å². The standard InChI is InChI=1S/2C12H10ClF3O3.C12H10F4O3.C10H6ClF3O3.2C10H6F4O3.C5H8O3.C4H6O3/c1-7(17)2-5-11(18)19-8-3-4-10(13)9(6-8)12(14,15)16;1-7(17)2-5-11(18)19-10-4-3-8(13)6-9(10)12(14,15)16;1-7(17)2-5-11(18)19-8-3-4-10(13)9(6-8)12(14,15)16;2*1-5(15)9(16)17-6-2-3-8(11)7(4-6)10(12,13)14;1-5(15)9(16)17-8-3-2-6(11)4-7(8)10(12,13)14;1-3-8-5(7)4(2)6;1-3(5)4(6)7-2/h3*3-4,6H,2,5H2,1H3;3*2-4H,1H3;3H2,1-2H3;1-2H3. The van der Waals surface area contributed by atoms with Crippen LogP contribution in [0.2, 0.25) is 15.1 Å². The lowest BCUT2D eigenvalue weighted by molar-refractivity contribution is -0.152. The maximum absolute atomic E-state index is 13.0. The van der Waals surface area contributed by atoms with Crippen molar-refractivity contribution in [3.63, 3.8) is 0 Å². The van der Waals surface area contributed by atoms with Crippen molar-refractivity contribution in [2.24, 2.45) is 0 Å². The summed E-state index contributed by atoms with van der Waals surface area (Å²) < 4.78 is 298. The van der Waals surface area contributed by atoms with E-state index in [1.54, 1.807) is 6.92 Å². The molecule has 0 aliphatic heterocycles. The van der Waals surface area contributed by atoms with Crippen LogP contribution in [0.5, 0.6) is 34.5 Å². The number of esters is 8. The van der Waals surface area contributed by atoms with E-state index in [2.05, 4.69) is 33.2 Å². The number of ether oxygens (including phenoxy) is 8. The maximum Gasteiger partial charge on any atom is 0.420 e. The summed E-state index contributed by atoms with van der Waals surface area (Å²) in [7, 11) is 1.17. The highest BCUT2D eigenvalue weighted by Gasteiger charge is 2.40. The molecule has 0 aliphatic rings. The lowest BCUT2D eigenvalue weighted by Crippen LogP contribution is -2.19. The Morgan fingerprint density at radius 1 is 0.293 bits per heavy atom. The van der Waals surface area contributed by atoms with E-state index >= 15 is 0 Å². The minimum Gasteiger partial charge on any atom is -0.463 e. The van der Waals surface area contributed by atoms with Crippen molar-refractivity contribution >= 4 is 129 Å². The van der Waals surface area contributed by atoms with Crippen LogP contribution >= 0.6 is 34.8 Å². The predicted octanol–water partition coefficient (Wildman–Crippen LogP) is 17.8. The average Bonchev–Trinajstić information content (AvgIpc) is 0.866. The van der Waals surface area contributed by atoms with Crippen LogP contribution in [-0.4, -0.2) is 108 Å². The van der Waals surface area contributed by atoms with Gasteiger partial charge in [-0.3, -0.25) is 38.4 Å². The Balaban J connectivity index is 0. The fourth-order valence-corrected chi connectivity index (χ4v) is 7.67. The molecule has 0 aromatic heterocycles. The second-order valence-corrected chi connectivity index (χ2v) is 24.3. The minimum atomic E-state index is -4.90. The molecule has 0 unspecified atom stereocenters. The van der Waals surface area contributed by atoms with E-state index in [0.29, 0.717) is 54.6 Å². The fourth-order valence-electron chi connectivity index (χ4n) is 7.04. The van der Waals surface area contributed by atoms with Gasteiger partial charge in [0.05, 0.1) is 70.8 Å². The van der Waals surface area contributed by atoms with Gasteiger partial charge in [-0.05, 0) is 137 Å². The maximum atomic E-state index is 13.0. The second kappa shape index (κ2) is 51.6. The molecule has 0 bridgehead atoms. The van der Waals surface area contributed by atoms with Gasteiger partial charge < -0.3 is 52.3 Å². The first-order valence-electron chi connectivity index (χ1n) is 32.9. The zero-order chi connectivity index (χ0) is 96.0. The molecule has 6 aromatic rings. The van der Waals surface area contributed by atoms with Crippen LogP contribution < -0.4 is 28.4 Å². The smallest absolute Gasteiger partial charge is 0.420 e. The van der Waals surface area contributed by atoms with Gasteiger partial charge in [0.2, 0.25) is 28.9 Å². The van der Waals surface area contributed by atoms with E-state index < -0.39 is 198 Å². The summed E-state index contributed by atoms with van der Waals surface area (Å²) in [6.45, 7) is 10.8. The molecule has 6 aromatic carbocycles. The third kappa shape index (κ3) is 46.4. The van der Waals surface area contributed by atoms with E-state index in [1.165, 1.54) is 40.9 Å². The number of alkyl halides is 18. The van der Waals surface area contributed by atoms with Crippen LogP contribution in [0.15, 0.2) is 109 Å². The summed E-state index contributed by atoms with van der Waals surface area (Å²) in [5.41, 5.74) is -7.86. The summed E-state index contributed by atoms with van der Waals surface area (Å²) in [6.07, 6.45) is -29.5. The van der Waals surface area contributed by atoms with E-state index in [0.717, 1.165) is 70.2 Å². The number of ketones is 8. The number of hydrogen-bond acceptors (Lipinski definition) is 24. The number of benzene rings is 6. The van der Waals surface area contributed by atoms with E-state index in [4.69, 9.17) is 39.5 Å². The summed E-state index contributed by atoms with van der Waals surface area (Å²) >= 11 is 16.2. The molecule has 48 heteroatoms. The Morgan fingerprint density at radius 3 is 0.854 bits per heavy atom. The molecule has 0 spiro atoms. The quantitative estimate of drug-likeness (QED) is 0.0279. The summed E-state index contributed by atoms with van der Waals surface area (Å²) in [4.78, 5) is 170. The van der Waals surface area contributed by atoms with Crippen LogP contribution in [0.1, 0.15) is 134 Å². The Kier molecular flexibility index (Phi) is 47.3.